The van der Waals surface area contributed by atoms with E-state index >= 15 is 0 Å². The van der Waals surface area contributed by atoms with Crippen molar-refractivity contribution in [3.63, 3.8) is 0 Å². The Labute approximate surface area is 159 Å². The standard InChI is InChI=1S/C20H27N5S/c1-15(5-7-20(3,4)19-23-10-12-26-19)17-6-11-25(24-17)14-16(2)18-13-21-8-9-22-18/h6,8-13,15-16H,5,7,14H2,1-4H3/p+1. The molecule has 0 amide bonds. The summed E-state index contributed by atoms with van der Waals surface area (Å²) < 4.78 is 2.15. The van der Waals surface area contributed by atoms with Crippen LogP contribution in [-0.4, -0.2) is 20.1 Å². The van der Waals surface area contributed by atoms with Crippen LogP contribution in [0, 0.1) is 0 Å². The first-order valence-electron chi connectivity index (χ1n) is 9.20. The average Bonchev–Trinajstić information content (AvgIpc) is 3.33. The number of rotatable bonds is 8. The Kier molecular flexibility index (Phi) is 5.81. The van der Waals surface area contributed by atoms with Crippen LogP contribution in [0.4, 0.5) is 0 Å². The predicted molar refractivity (Wildman–Crippen MR) is 104 cm³/mol. The number of aromatic amines is 1. The summed E-state index contributed by atoms with van der Waals surface area (Å²) in [5.74, 6) is 0.807. The van der Waals surface area contributed by atoms with Gasteiger partial charge in [-0.15, -0.1) is 16.0 Å². The number of thiazole rings is 1. The molecule has 0 saturated heterocycles. The lowest BCUT2D eigenvalue weighted by molar-refractivity contribution is -0.752. The average molecular weight is 371 g/mol. The second-order valence-corrected chi connectivity index (χ2v) is 8.62. The highest BCUT2D eigenvalue weighted by atomic mass is 32.1. The monoisotopic (exact) mass is 370 g/mol. The zero-order valence-corrected chi connectivity index (χ0v) is 16.8. The molecule has 0 radical (unpaired) electrons. The van der Waals surface area contributed by atoms with E-state index in [-0.39, 0.29) is 5.41 Å². The minimum absolute atomic E-state index is 0.130. The molecule has 0 aliphatic carbocycles. The topological polar surface area (TPSA) is 58.3 Å². The third-order valence-corrected chi connectivity index (χ3v) is 6.15. The summed E-state index contributed by atoms with van der Waals surface area (Å²) in [4.78, 5) is 13.1. The van der Waals surface area contributed by atoms with Gasteiger partial charge in [0.05, 0.1) is 22.3 Å². The van der Waals surface area contributed by atoms with Crippen molar-refractivity contribution >= 4 is 11.3 Å². The SMILES string of the molecule is CC(C[n+]1ccc(C(C)CCC(C)(C)c2nccs2)[nH]1)c1cnccn1. The Balaban J connectivity index is 1.57. The maximum atomic E-state index is 4.50. The van der Waals surface area contributed by atoms with Crippen LogP contribution in [-0.2, 0) is 12.0 Å². The van der Waals surface area contributed by atoms with Crippen molar-refractivity contribution < 1.29 is 4.68 Å². The van der Waals surface area contributed by atoms with E-state index in [0.29, 0.717) is 11.8 Å². The molecule has 0 aromatic carbocycles. The number of nitrogens with one attached hydrogen (secondary N) is 1. The number of nitrogens with zero attached hydrogens (tertiary/aromatic N) is 4. The fraction of sp³-hybridized carbons (Fsp3) is 0.500. The molecule has 0 aliphatic heterocycles. The summed E-state index contributed by atoms with van der Waals surface area (Å²) >= 11 is 1.75. The molecular weight excluding hydrogens is 342 g/mol. The summed E-state index contributed by atoms with van der Waals surface area (Å²) in [6.07, 6.45) is 11.6. The van der Waals surface area contributed by atoms with Crippen molar-refractivity contribution in [3.05, 3.63) is 58.8 Å². The summed E-state index contributed by atoms with van der Waals surface area (Å²) in [6.45, 7) is 9.92. The largest absolute Gasteiger partial charge is 0.261 e. The van der Waals surface area contributed by atoms with Crippen LogP contribution in [0.2, 0.25) is 0 Å². The molecule has 2 atom stereocenters. The molecule has 0 spiro atoms. The molecule has 2 unspecified atom stereocenters. The fourth-order valence-electron chi connectivity index (χ4n) is 3.14. The molecule has 0 aliphatic rings. The lowest BCUT2D eigenvalue weighted by atomic mass is 9.85. The zero-order chi connectivity index (χ0) is 18.6. The van der Waals surface area contributed by atoms with Crippen molar-refractivity contribution in [1.82, 2.24) is 20.1 Å². The van der Waals surface area contributed by atoms with E-state index in [1.807, 2.05) is 12.4 Å². The predicted octanol–water partition coefficient (Wildman–Crippen LogP) is 4.21. The summed E-state index contributed by atoms with van der Waals surface area (Å²) in [6, 6.07) is 2.20. The number of H-pyrrole nitrogens is 1. The van der Waals surface area contributed by atoms with Gasteiger partial charge < -0.3 is 0 Å². The normalized spacial score (nSPS) is 14.3. The van der Waals surface area contributed by atoms with Crippen molar-refractivity contribution in [2.45, 2.75) is 64.3 Å². The van der Waals surface area contributed by atoms with Crippen LogP contribution in [0.1, 0.15) is 68.8 Å². The van der Waals surface area contributed by atoms with E-state index in [1.54, 1.807) is 23.7 Å². The van der Waals surface area contributed by atoms with Crippen LogP contribution in [0.25, 0.3) is 0 Å². The molecule has 3 aromatic rings. The van der Waals surface area contributed by atoms with Gasteiger partial charge in [0.15, 0.2) is 12.7 Å². The van der Waals surface area contributed by atoms with Crippen molar-refractivity contribution in [2.24, 2.45) is 0 Å². The molecule has 3 aromatic heterocycles. The van der Waals surface area contributed by atoms with Gasteiger partial charge in [-0.1, -0.05) is 27.7 Å². The van der Waals surface area contributed by atoms with Crippen molar-refractivity contribution in [3.8, 4) is 0 Å². The molecule has 0 bridgehead atoms. The Hall–Kier alpha value is -2.08. The van der Waals surface area contributed by atoms with E-state index in [2.05, 4.69) is 70.1 Å². The molecule has 1 N–H and O–H groups in total. The quantitative estimate of drug-likeness (QED) is 0.604. The van der Waals surface area contributed by atoms with Gasteiger partial charge in [-0.3, -0.25) is 9.97 Å². The van der Waals surface area contributed by atoms with Gasteiger partial charge in [0, 0.05) is 47.6 Å². The van der Waals surface area contributed by atoms with Gasteiger partial charge in [0.2, 0.25) is 0 Å². The molecule has 3 heterocycles. The minimum atomic E-state index is 0.130. The Bertz CT molecular complexity index is 795. The second kappa shape index (κ2) is 8.08. The molecule has 6 heteroatoms. The second-order valence-electron chi connectivity index (χ2n) is 7.73. The van der Waals surface area contributed by atoms with Gasteiger partial charge in [-0.25, -0.2) is 4.98 Å². The maximum Gasteiger partial charge on any atom is 0.195 e. The Morgan fingerprint density at radius 3 is 2.69 bits per heavy atom. The minimum Gasteiger partial charge on any atom is -0.261 e. The van der Waals surface area contributed by atoms with Crippen molar-refractivity contribution in [1.29, 1.82) is 0 Å². The van der Waals surface area contributed by atoms with Crippen LogP contribution in [0.3, 0.4) is 0 Å². The highest BCUT2D eigenvalue weighted by molar-refractivity contribution is 7.09. The van der Waals surface area contributed by atoms with Crippen LogP contribution in [0.15, 0.2) is 42.4 Å². The highest BCUT2D eigenvalue weighted by Gasteiger charge is 2.25. The molecule has 0 saturated carbocycles. The van der Waals surface area contributed by atoms with E-state index in [4.69, 9.17) is 0 Å². The van der Waals surface area contributed by atoms with Gasteiger partial charge >= 0.3 is 0 Å². The van der Waals surface area contributed by atoms with Gasteiger partial charge in [0.25, 0.3) is 0 Å². The van der Waals surface area contributed by atoms with Crippen LogP contribution >= 0.6 is 11.3 Å². The summed E-state index contributed by atoms with van der Waals surface area (Å²) in [7, 11) is 0. The molecular formula is C20H28N5S+. The van der Waals surface area contributed by atoms with Crippen LogP contribution < -0.4 is 4.68 Å². The Morgan fingerprint density at radius 2 is 2.00 bits per heavy atom. The van der Waals surface area contributed by atoms with Crippen LogP contribution in [0.5, 0.6) is 0 Å². The van der Waals surface area contributed by atoms with Gasteiger partial charge in [-0.2, -0.15) is 5.10 Å². The molecule has 3 rings (SSSR count). The first kappa shape index (κ1) is 18.7. The summed E-state index contributed by atoms with van der Waals surface area (Å²) in [5.41, 5.74) is 2.44. The first-order valence-corrected chi connectivity index (χ1v) is 10.1. The number of hydrogen-bond donors (Lipinski definition) is 1. The van der Waals surface area contributed by atoms with E-state index < -0.39 is 0 Å². The lowest BCUT2D eigenvalue weighted by Gasteiger charge is -2.23. The third-order valence-electron chi connectivity index (χ3n) is 5.01. The Morgan fingerprint density at radius 1 is 1.15 bits per heavy atom. The van der Waals surface area contributed by atoms with E-state index in [9.17, 15) is 0 Å². The molecule has 0 fully saturated rings. The fourth-order valence-corrected chi connectivity index (χ4v) is 3.94. The first-order chi connectivity index (χ1) is 12.5. The zero-order valence-electron chi connectivity index (χ0n) is 16.0. The number of hydrogen-bond acceptors (Lipinski definition) is 4. The van der Waals surface area contributed by atoms with Gasteiger partial charge in [0.1, 0.15) is 0 Å². The molecule has 5 nitrogen and oxygen atoms in total. The van der Waals surface area contributed by atoms with Crippen molar-refractivity contribution in [2.75, 3.05) is 0 Å². The smallest absolute Gasteiger partial charge is 0.195 e. The third kappa shape index (κ3) is 4.55. The number of aromatic nitrogens is 5. The highest BCUT2D eigenvalue weighted by Crippen LogP contribution is 2.33. The molecule has 26 heavy (non-hydrogen) atoms. The summed E-state index contributed by atoms with van der Waals surface area (Å²) in [5, 5.41) is 6.83. The van der Waals surface area contributed by atoms with E-state index in [0.717, 1.165) is 25.1 Å². The molecule has 138 valence electrons. The lowest BCUT2D eigenvalue weighted by Crippen LogP contribution is -2.38. The van der Waals surface area contributed by atoms with Gasteiger partial charge in [-0.05, 0) is 12.8 Å². The van der Waals surface area contributed by atoms with E-state index in [1.165, 1.54) is 10.7 Å². The maximum absolute atomic E-state index is 4.50.